The van der Waals surface area contributed by atoms with Gasteiger partial charge >= 0.3 is 0 Å². The van der Waals surface area contributed by atoms with Crippen molar-refractivity contribution in [3.05, 3.63) is 51.0 Å². The Morgan fingerprint density at radius 3 is 2.52 bits per heavy atom. The molecule has 7 heteroatoms. The SMILES string of the molecule is Cc1cc(Cl)nc(Cl)c1NC(=O)c1cc(N)c(C)c(F)c1. The number of nitrogens with two attached hydrogens (primary N) is 1. The van der Waals surface area contributed by atoms with Crippen LogP contribution in [0.25, 0.3) is 0 Å². The van der Waals surface area contributed by atoms with Gasteiger partial charge in [-0.1, -0.05) is 23.2 Å². The second kappa shape index (κ2) is 5.87. The number of amides is 1. The molecule has 2 rings (SSSR count). The number of nitrogens with zero attached hydrogens (tertiary/aromatic N) is 1. The maximum Gasteiger partial charge on any atom is 0.255 e. The lowest BCUT2D eigenvalue weighted by molar-refractivity contribution is 0.102. The molecular weight excluding hydrogens is 316 g/mol. The Labute approximate surface area is 131 Å². The average Bonchev–Trinajstić information content (AvgIpc) is 2.39. The number of pyridine rings is 1. The van der Waals surface area contributed by atoms with E-state index in [1.54, 1.807) is 13.0 Å². The second-order valence-corrected chi connectivity index (χ2v) is 5.30. The zero-order chi connectivity index (χ0) is 15.7. The number of carbonyl (C=O) groups is 1. The Kier molecular flexibility index (Phi) is 4.34. The maximum atomic E-state index is 13.6. The Morgan fingerprint density at radius 1 is 1.29 bits per heavy atom. The van der Waals surface area contributed by atoms with Crippen molar-refractivity contribution in [3.8, 4) is 0 Å². The van der Waals surface area contributed by atoms with Gasteiger partial charge < -0.3 is 11.1 Å². The summed E-state index contributed by atoms with van der Waals surface area (Å²) in [7, 11) is 0. The van der Waals surface area contributed by atoms with E-state index in [9.17, 15) is 9.18 Å². The summed E-state index contributed by atoms with van der Waals surface area (Å²) in [6, 6.07) is 4.08. The first-order valence-electron chi connectivity index (χ1n) is 5.99. The van der Waals surface area contributed by atoms with Crippen LogP contribution >= 0.6 is 23.2 Å². The molecule has 0 aliphatic rings. The molecule has 0 bridgehead atoms. The number of anilines is 2. The van der Waals surface area contributed by atoms with Crippen LogP contribution in [-0.4, -0.2) is 10.9 Å². The highest BCUT2D eigenvalue weighted by Gasteiger charge is 2.15. The molecule has 0 saturated heterocycles. The van der Waals surface area contributed by atoms with E-state index in [0.717, 1.165) is 6.07 Å². The first kappa shape index (κ1) is 15.5. The molecule has 0 spiro atoms. The zero-order valence-electron chi connectivity index (χ0n) is 11.3. The second-order valence-electron chi connectivity index (χ2n) is 4.55. The van der Waals surface area contributed by atoms with E-state index in [1.165, 1.54) is 13.0 Å². The van der Waals surface area contributed by atoms with Crippen molar-refractivity contribution < 1.29 is 9.18 Å². The van der Waals surface area contributed by atoms with Crippen LogP contribution in [0.2, 0.25) is 10.3 Å². The van der Waals surface area contributed by atoms with Crippen molar-refractivity contribution in [1.82, 2.24) is 4.98 Å². The van der Waals surface area contributed by atoms with E-state index >= 15 is 0 Å². The number of benzene rings is 1. The molecular formula is C14H12Cl2FN3O. The van der Waals surface area contributed by atoms with Crippen molar-refractivity contribution >= 4 is 40.5 Å². The number of aromatic nitrogens is 1. The summed E-state index contributed by atoms with van der Waals surface area (Å²) in [6.45, 7) is 3.26. The molecule has 1 amide bonds. The molecule has 0 atom stereocenters. The Hall–Kier alpha value is -1.85. The predicted octanol–water partition coefficient (Wildman–Crippen LogP) is 3.98. The quantitative estimate of drug-likeness (QED) is 0.647. The lowest BCUT2D eigenvalue weighted by Crippen LogP contribution is -2.14. The molecule has 0 aliphatic carbocycles. The molecule has 0 saturated carbocycles. The van der Waals surface area contributed by atoms with Crippen LogP contribution in [0.4, 0.5) is 15.8 Å². The molecule has 3 N–H and O–H groups in total. The fourth-order valence-corrected chi connectivity index (χ4v) is 2.34. The standard InChI is InChI=1S/C14H12Cl2FN3O/c1-6-3-11(15)19-13(16)12(6)20-14(21)8-4-9(17)7(2)10(18)5-8/h3-5H,18H2,1-2H3,(H,20,21). The monoisotopic (exact) mass is 327 g/mol. The fraction of sp³-hybridized carbons (Fsp3) is 0.143. The van der Waals surface area contributed by atoms with Crippen LogP contribution < -0.4 is 11.1 Å². The topological polar surface area (TPSA) is 68.0 Å². The third-order valence-corrected chi connectivity index (χ3v) is 3.49. The summed E-state index contributed by atoms with van der Waals surface area (Å²) >= 11 is 11.7. The summed E-state index contributed by atoms with van der Waals surface area (Å²) in [5, 5.41) is 2.87. The van der Waals surface area contributed by atoms with Crippen molar-refractivity contribution in [3.63, 3.8) is 0 Å². The number of hydrogen-bond acceptors (Lipinski definition) is 3. The first-order chi connectivity index (χ1) is 9.79. The largest absolute Gasteiger partial charge is 0.398 e. The van der Waals surface area contributed by atoms with Gasteiger partial charge in [0.25, 0.3) is 5.91 Å². The van der Waals surface area contributed by atoms with E-state index in [0.29, 0.717) is 16.8 Å². The van der Waals surface area contributed by atoms with E-state index in [2.05, 4.69) is 10.3 Å². The highest BCUT2D eigenvalue weighted by atomic mass is 35.5. The van der Waals surface area contributed by atoms with E-state index < -0.39 is 11.7 Å². The van der Waals surface area contributed by atoms with Gasteiger partial charge in [0, 0.05) is 16.8 Å². The van der Waals surface area contributed by atoms with Gasteiger partial charge in [-0.25, -0.2) is 9.37 Å². The number of halogens is 3. The van der Waals surface area contributed by atoms with Gasteiger partial charge in [-0.15, -0.1) is 0 Å². The number of hydrogen-bond donors (Lipinski definition) is 2. The van der Waals surface area contributed by atoms with Crippen LogP contribution in [0, 0.1) is 19.7 Å². The maximum absolute atomic E-state index is 13.6. The third kappa shape index (κ3) is 3.25. The van der Waals surface area contributed by atoms with E-state index in [1.807, 2.05) is 0 Å². The van der Waals surface area contributed by atoms with E-state index in [-0.39, 0.29) is 21.6 Å². The van der Waals surface area contributed by atoms with Gasteiger partial charge in [0.2, 0.25) is 0 Å². The molecule has 0 radical (unpaired) electrons. The van der Waals surface area contributed by atoms with Crippen molar-refractivity contribution in [2.24, 2.45) is 0 Å². The summed E-state index contributed by atoms with van der Waals surface area (Å²) in [5.74, 6) is -1.08. The highest BCUT2D eigenvalue weighted by Crippen LogP contribution is 2.27. The zero-order valence-corrected chi connectivity index (χ0v) is 12.8. The molecule has 0 fully saturated rings. The van der Waals surface area contributed by atoms with Crippen LogP contribution in [0.5, 0.6) is 0 Å². The molecule has 0 unspecified atom stereocenters. The summed E-state index contributed by atoms with van der Waals surface area (Å²) in [6.07, 6.45) is 0. The molecule has 110 valence electrons. The number of aryl methyl sites for hydroxylation is 1. The highest BCUT2D eigenvalue weighted by molar-refractivity contribution is 6.35. The predicted molar refractivity (Wildman–Crippen MR) is 82.5 cm³/mol. The normalized spacial score (nSPS) is 10.5. The average molecular weight is 328 g/mol. The van der Waals surface area contributed by atoms with Crippen molar-refractivity contribution in [2.75, 3.05) is 11.1 Å². The van der Waals surface area contributed by atoms with Crippen molar-refractivity contribution in [1.29, 1.82) is 0 Å². The Balaban J connectivity index is 2.35. The van der Waals surface area contributed by atoms with Gasteiger partial charge in [0.05, 0.1) is 5.69 Å². The summed E-state index contributed by atoms with van der Waals surface area (Å²) in [5.41, 5.74) is 7.23. The van der Waals surface area contributed by atoms with Gasteiger partial charge in [0.1, 0.15) is 11.0 Å². The summed E-state index contributed by atoms with van der Waals surface area (Å²) < 4.78 is 13.6. The van der Waals surface area contributed by atoms with Crippen LogP contribution in [0.15, 0.2) is 18.2 Å². The van der Waals surface area contributed by atoms with Crippen LogP contribution in [-0.2, 0) is 0 Å². The fourth-order valence-electron chi connectivity index (χ4n) is 1.76. The molecule has 2 aromatic rings. The van der Waals surface area contributed by atoms with Crippen molar-refractivity contribution in [2.45, 2.75) is 13.8 Å². The molecule has 1 aromatic carbocycles. The number of nitrogens with one attached hydrogen (secondary N) is 1. The lowest BCUT2D eigenvalue weighted by atomic mass is 10.1. The van der Waals surface area contributed by atoms with Crippen LogP contribution in [0.1, 0.15) is 21.5 Å². The van der Waals surface area contributed by atoms with E-state index in [4.69, 9.17) is 28.9 Å². The van der Waals surface area contributed by atoms with Gasteiger partial charge in [-0.3, -0.25) is 4.79 Å². The molecule has 1 aromatic heterocycles. The number of rotatable bonds is 2. The minimum Gasteiger partial charge on any atom is -0.398 e. The lowest BCUT2D eigenvalue weighted by Gasteiger charge is -2.11. The molecule has 0 aliphatic heterocycles. The van der Waals surface area contributed by atoms with Gasteiger partial charge in [-0.2, -0.15) is 0 Å². The number of carbonyl (C=O) groups excluding carboxylic acids is 1. The summed E-state index contributed by atoms with van der Waals surface area (Å²) in [4.78, 5) is 16.0. The Morgan fingerprint density at radius 2 is 1.95 bits per heavy atom. The molecule has 21 heavy (non-hydrogen) atoms. The van der Waals surface area contributed by atoms with Gasteiger partial charge in [0.15, 0.2) is 5.15 Å². The molecule has 1 heterocycles. The third-order valence-electron chi connectivity index (χ3n) is 3.03. The Bertz CT molecular complexity index is 688. The smallest absolute Gasteiger partial charge is 0.255 e. The van der Waals surface area contributed by atoms with Gasteiger partial charge in [-0.05, 0) is 37.6 Å². The minimum atomic E-state index is -0.544. The number of nitrogen functional groups attached to an aromatic ring is 1. The minimum absolute atomic E-state index is 0.0638. The molecule has 4 nitrogen and oxygen atoms in total. The first-order valence-corrected chi connectivity index (χ1v) is 6.74. The van der Waals surface area contributed by atoms with Crippen LogP contribution in [0.3, 0.4) is 0 Å².